The van der Waals surface area contributed by atoms with Gasteiger partial charge in [-0.2, -0.15) is 19.3 Å². The molecule has 2 saturated carbocycles. The number of hydrogen-bond acceptors (Lipinski definition) is 20. The lowest BCUT2D eigenvalue weighted by Gasteiger charge is -2.32. The van der Waals surface area contributed by atoms with Crippen LogP contribution in [-0.4, -0.2) is 149 Å². The van der Waals surface area contributed by atoms with Gasteiger partial charge in [0.25, 0.3) is 0 Å². The first-order valence-electron chi connectivity index (χ1n) is 30.0. The first kappa shape index (κ1) is 69.1. The van der Waals surface area contributed by atoms with Crippen LogP contribution in [0.2, 0.25) is 56.5 Å². The second-order valence-corrected chi connectivity index (χ2v) is 38.3. The molecule has 6 aromatic rings. The van der Waals surface area contributed by atoms with Crippen LogP contribution >= 0.6 is 11.6 Å². The highest BCUT2D eigenvalue weighted by molar-refractivity contribution is 6.76. The molecule has 9 rings (SSSR count). The first-order valence-corrected chi connectivity index (χ1v) is 37.8. The fourth-order valence-corrected chi connectivity index (χ4v) is 10.2. The van der Waals surface area contributed by atoms with E-state index in [2.05, 4.69) is 79.4 Å². The minimum atomic E-state index is -1.18. The van der Waals surface area contributed by atoms with E-state index >= 15 is 0 Å². The van der Waals surface area contributed by atoms with Gasteiger partial charge in [-0.05, 0) is 142 Å². The van der Waals surface area contributed by atoms with Gasteiger partial charge in [-0.3, -0.25) is 14.6 Å². The fraction of sp³-hybridized carbons (Fsp3) is 0.581. The molecule has 0 unspecified atom stereocenters. The maximum atomic E-state index is 12.0. The molecule has 88 heavy (non-hydrogen) atoms. The standard InChI is InChI=1S/C28H39N5O5Si.C18H26BNO5.C16H25ClN4O2Si/c1-19(2)38-27-31-25(32-33(27)18-36-12-13-39(5,6)7)21-8-9-23(29-15-21)22-16-30-24(14-20(22)3)37-17-28(10-11-28)26(34)35-4;1-12-9-14(23-11-18(7-8-18)15(21)22-6)20-10-13(12)19-24-16(2,3)17(4,5)25-19;1-12(2)23-16-19-15(13-6-7-14(17)18-10-13)20-21(16)11-22-8-9-24(3,4)5/h8-9,14-16,19H,10-13,17-18H2,1-7H3;9-10H,7-8,11H2,1-6H3;6-7,10,12H,8-9,11H2,1-5H3. The van der Waals surface area contributed by atoms with Gasteiger partial charge in [0, 0.05) is 88.4 Å². The molecule has 0 radical (unpaired) electrons. The summed E-state index contributed by atoms with van der Waals surface area (Å²) >= 11 is 5.83. The summed E-state index contributed by atoms with van der Waals surface area (Å²) in [5.41, 5.74) is 4.26. The number of pyridine rings is 4. The summed E-state index contributed by atoms with van der Waals surface area (Å²) in [5, 5.41) is 9.55. The number of carbonyl (C=O) groups excluding carboxylic acids is 2. The molecule has 22 nitrogen and oxygen atoms in total. The van der Waals surface area contributed by atoms with Crippen LogP contribution in [0.4, 0.5) is 0 Å². The maximum absolute atomic E-state index is 12.0. The van der Waals surface area contributed by atoms with E-state index in [0.717, 1.165) is 76.7 Å². The molecular weight excluding hydrogens is 1180 g/mol. The molecule has 6 aromatic heterocycles. The van der Waals surface area contributed by atoms with Gasteiger partial charge in [-0.1, -0.05) is 50.9 Å². The van der Waals surface area contributed by atoms with Crippen molar-refractivity contribution in [1.29, 1.82) is 0 Å². The Bertz CT molecular complexity index is 3270. The first-order chi connectivity index (χ1) is 41.3. The Morgan fingerprint density at radius 2 is 1.07 bits per heavy atom. The van der Waals surface area contributed by atoms with Crippen LogP contribution < -0.4 is 24.4 Å². The molecule has 0 aromatic carbocycles. The topological polar surface area (TPSA) is 239 Å². The number of hydrogen-bond donors (Lipinski definition) is 0. The number of rotatable bonds is 26. The van der Waals surface area contributed by atoms with Crippen LogP contribution in [0.3, 0.4) is 0 Å². The molecule has 0 spiro atoms. The van der Waals surface area contributed by atoms with E-state index in [1.54, 1.807) is 40.2 Å². The Morgan fingerprint density at radius 3 is 1.44 bits per heavy atom. The second kappa shape index (κ2) is 29.1. The summed E-state index contributed by atoms with van der Waals surface area (Å²) < 4.78 is 60.0. The SMILES string of the molecule is CC(C)Oc1nc(-c2ccc(Cl)nc2)nn1COCC[Si](C)(C)C.COC(=O)C1(COc2cc(C)c(-c3ccc(-c4nc(OC(C)C)n(COCC[Si](C)(C)C)n4)cn3)cn2)CC1.COC(=O)C1(COc2cc(C)c(B3OC(C)(C)C(C)(C)O3)cn2)CC1. The number of aromatic nitrogens is 10. The van der Waals surface area contributed by atoms with Crippen molar-refractivity contribution in [2.45, 2.75) is 183 Å². The number of esters is 2. The summed E-state index contributed by atoms with van der Waals surface area (Å²) in [5.74, 6) is 1.60. The Balaban J connectivity index is 0.000000197. The molecule has 0 N–H and O–H groups in total. The zero-order valence-corrected chi connectivity index (χ0v) is 57.5. The summed E-state index contributed by atoms with van der Waals surface area (Å²) in [6.07, 6.45) is 9.97. The number of methoxy groups -OCH3 is 2. The number of ether oxygens (including phenoxy) is 8. The van der Waals surface area contributed by atoms with E-state index in [0.29, 0.717) is 67.1 Å². The zero-order chi connectivity index (χ0) is 64.4. The summed E-state index contributed by atoms with van der Waals surface area (Å²) in [4.78, 5) is 50.3. The van der Waals surface area contributed by atoms with Crippen LogP contribution in [0.15, 0.2) is 61.2 Å². The van der Waals surface area contributed by atoms with Crippen molar-refractivity contribution in [3.05, 3.63) is 77.5 Å². The van der Waals surface area contributed by atoms with Gasteiger partial charge in [-0.15, -0.1) is 10.2 Å². The number of nitrogens with zero attached hydrogens (tertiary/aromatic N) is 10. The number of aryl methyl sites for hydroxylation is 2. The van der Waals surface area contributed by atoms with E-state index in [-0.39, 0.29) is 37.5 Å². The Labute approximate surface area is 526 Å². The third-order valence-electron chi connectivity index (χ3n) is 15.3. The molecule has 478 valence electrons. The van der Waals surface area contributed by atoms with Crippen molar-refractivity contribution in [3.63, 3.8) is 0 Å². The lowest BCUT2D eigenvalue weighted by molar-refractivity contribution is -0.149. The highest BCUT2D eigenvalue weighted by Crippen LogP contribution is 2.48. The molecule has 2 aliphatic carbocycles. The third-order valence-corrected chi connectivity index (χ3v) is 18.9. The van der Waals surface area contributed by atoms with E-state index in [1.165, 1.54) is 14.2 Å². The molecule has 26 heteroatoms. The van der Waals surface area contributed by atoms with Gasteiger partial charge in [0.1, 0.15) is 42.7 Å². The van der Waals surface area contributed by atoms with Gasteiger partial charge in [-0.25, -0.2) is 15.0 Å². The van der Waals surface area contributed by atoms with Crippen molar-refractivity contribution < 1.29 is 56.8 Å². The normalized spacial score (nSPS) is 16.0. The van der Waals surface area contributed by atoms with Crippen LogP contribution in [0.25, 0.3) is 34.0 Å². The molecule has 0 amide bonds. The number of halogens is 1. The van der Waals surface area contributed by atoms with Gasteiger partial charge in [0.15, 0.2) is 11.6 Å². The average Bonchev–Trinajstić information content (AvgIpc) is 2.55. The smallest absolute Gasteiger partial charge is 0.476 e. The zero-order valence-electron chi connectivity index (χ0n) is 54.7. The molecule has 0 atom stereocenters. The molecule has 0 bridgehead atoms. The molecule has 3 aliphatic rings. The van der Waals surface area contributed by atoms with E-state index < -0.39 is 45.3 Å². The third kappa shape index (κ3) is 19.1. The molecule has 7 heterocycles. The van der Waals surface area contributed by atoms with Gasteiger partial charge in [0.2, 0.25) is 11.8 Å². The Kier molecular flexibility index (Phi) is 22.8. The largest absolute Gasteiger partial charge is 0.496 e. The van der Waals surface area contributed by atoms with Crippen molar-refractivity contribution in [2.75, 3.05) is 40.6 Å². The molecule has 1 saturated heterocycles. The van der Waals surface area contributed by atoms with Crippen molar-refractivity contribution in [3.8, 4) is 57.8 Å². The van der Waals surface area contributed by atoms with E-state index in [9.17, 15) is 9.59 Å². The Morgan fingerprint density at radius 1 is 0.625 bits per heavy atom. The van der Waals surface area contributed by atoms with Crippen molar-refractivity contribution in [2.24, 2.45) is 10.8 Å². The fourth-order valence-electron chi connectivity index (χ4n) is 8.60. The van der Waals surface area contributed by atoms with Crippen LogP contribution in [0.1, 0.15) is 92.2 Å². The maximum Gasteiger partial charge on any atom is 0.496 e. The minimum absolute atomic E-state index is 0.00567. The second-order valence-electron chi connectivity index (χ2n) is 26.7. The van der Waals surface area contributed by atoms with Crippen LogP contribution in [0, 0.1) is 24.7 Å². The molecular formula is C62H90BClN10O12Si2. The lowest BCUT2D eigenvalue weighted by Crippen LogP contribution is -2.41. The molecule has 3 fully saturated rings. The minimum Gasteiger partial charge on any atom is -0.476 e. The molecule has 1 aliphatic heterocycles. The van der Waals surface area contributed by atoms with Gasteiger partial charge >= 0.3 is 31.1 Å². The lowest BCUT2D eigenvalue weighted by atomic mass is 9.77. The predicted octanol–water partition coefficient (Wildman–Crippen LogP) is 11.3. The van der Waals surface area contributed by atoms with Crippen molar-refractivity contribution in [1.82, 2.24) is 49.5 Å². The van der Waals surface area contributed by atoms with Gasteiger partial charge in [0.05, 0.1) is 43.3 Å². The number of carbonyl (C=O) groups is 2. The Hall–Kier alpha value is -6.35. The average molecular weight is 1270 g/mol. The van der Waals surface area contributed by atoms with E-state index in [4.69, 9.17) is 58.8 Å². The highest BCUT2D eigenvalue weighted by Gasteiger charge is 2.54. The van der Waals surface area contributed by atoms with Crippen LogP contribution in [0.5, 0.6) is 23.8 Å². The summed E-state index contributed by atoms with van der Waals surface area (Å²) in [6.45, 7) is 36.4. The van der Waals surface area contributed by atoms with Crippen LogP contribution in [-0.2, 0) is 51.3 Å². The summed E-state index contributed by atoms with van der Waals surface area (Å²) in [7, 11) is 0.0775. The van der Waals surface area contributed by atoms with Crippen molar-refractivity contribution >= 4 is 52.3 Å². The van der Waals surface area contributed by atoms with E-state index in [1.807, 2.05) is 99.6 Å². The quantitative estimate of drug-likeness (QED) is 0.0212. The summed E-state index contributed by atoms with van der Waals surface area (Å²) in [6, 6.07) is 14.2. The highest BCUT2D eigenvalue weighted by atomic mass is 35.5. The monoisotopic (exact) mass is 1270 g/mol. The van der Waals surface area contributed by atoms with Gasteiger partial charge < -0.3 is 47.2 Å². The predicted molar refractivity (Wildman–Crippen MR) is 342 cm³/mol.